The zero-order valence-corrected chi connectivity index (χ0v) is 22.2. The number of ether oxygens (including phenoxy) is 1. The van der Waals surface area contributed by atoms with Crippen molar-refractivity contribution in [2.24, 2.45) is 0 Å². The maximum atomic E-state index is 15.6. The van der Waals surface area contributed by atoms with Gasteiger partial charge in [-0.15, -0.1) is 0 Å². The summed E-state index contributed by atoms with van der Waals surface area (Å²) < 4.78 is 25.1. The first-order chi connectivity index (χ1) is 18.7. The fourth-order valence-corrected chi connectivity index (χ4v) is 5.24. The molecule has 9 heteroatoms. The molecule has 1 fully saturated rings. The van der Waals surface area contributed by atoms with E-state index in [2.05, 4.69) is 27.9 Å². The summed E-state index contributed by atoms with van der Waals surface area (Å²) >= 11 is 0. The molecule has 0 N–H and O–H groups in total. The maximum Gasteiger partial charge on any atom is 0.410 e. The van der Waals surface area contributed by atoms with Crippen molar-refractivity contribution in [3.8, 4) is 34.4 Å². The molecular formula is C30H29FN6O2. The first-order valence-corrected chi connectivity index (χ1v) is 13.0. The Morgan fingerprint density at radius 3 is 2.46 bits per heavy atom. The van der Waals surface area contributed by atoms with E-state index in [4.69, 9.17) is 10.00 Å². The molecule has 2 aromatic carbocycles. The fourth-order valence-electron chi connectivity index (χ4n) is 5.24. The Bertz CT molecular complexity index is 1600. The van der Waals surface area contributed by atoms with Gasteiger partial charge in [-0.05, 0) is 56.2 Å². The molecule has 0 radical (unpaired) electrons. The van der Waals surface area contributed by atoms with E-state index in [1.807, 2.05) is 66.8 Å². The largest absolute Gasteiger partial charge is 0.444 e. The highest BCUT2D eigenvalue weighted by molar-refractivity contribution is 5.73. The molecular weight excluding hydrogens is 495 g/mol. The van der Waals surface area contributed by atoms with Crippen LogP contribution in [-0.2, 0) is 11.3 Å². The Balaban J connectivity index is 1.30. The van der Waals surface area contributed by atoms with Gasteiger partial charge >= 0.3 is 6.09 Å². The van der Waals surface area contributed by atoms with Gasteiger partial charge in [0, 0.05) is 62.9 Å². The summed E-state index contributed by atoms with van der Waals surface area (Å²) in [5.74, 6) is 0.441. The van der Waals surface area contributed by atoms with Crippen LogP contribution < -0.4 is 4.90 Å². The van der Waals surface area contributed by atoms with Crippen molar-refractivity contribution in [2.75, 3.05) is 31.1 Å². The van der Waals surface area contributed by atoms with Crippen LogP contribution >= 0.6 is 0 Å². The molecule has 4 heterocycles. The van der Waals surface area contributed by atoms with Crippen molar-refractivity contribution in [3.63, 3.8) is 0 Å². The van der Waals surface area contributed by atoms with Crippen LogP contribution in [0, 0.1) is 17.1 Å². The van der Waals surface area contributed by atoms with Gasteiger partial charge in [-0.1, -0.05) is 12.1 Å². The third kappa shape index (κ3) is 4.63. The first-order valence-electron chi connectivity index (χ1n) is 13.0. The van der Waals surface area contributed by atoms with Crippen LogP contribution in [0.5, 0.6) is 0 Å². The van der Waals surface area contributed by atoms with Gasteiger partial charge in [-0.3, -0.25) is 4.57 Å². The highest BCUT2D eigenvalue weighted by Crippen LogP contribution is 2.36. The number of carbonyl (C=O) groups excluding carboxylic acids is 1. The van der Waals surface area contributed by atoms with Gasteiger partial charge in [0.25, 0.3) is 0 Å². The highest BCUT2D eigenvalue weighted by Gasteiger charge is 2.29. The van der Waals surface area contributed by atoms with Crippen LogP contribution in [0.4, 0.5) is 14.9 Å². The number of halogens is 1. The van der Waals surface area contributed by atoms with E-state index in [0.717, 1.165) is 33.9 Å². The maximum absolute atomic E-state index is 15.6. The number of aromatic nitrogens is 3. The zero-order valence-electron chi connectivity index (χ0n) is 22.2. The molecule has 39 heavy (non-hydrogen) atoms. The molecule has 8 nitrogen and oxygen atoms in total. The molecule has 1 amide bonds. The van der Waals surface area contributed by atoms with E-state index >= 15 is 4.39 Å². The van der Waals surface area contributed by atoms with Crippen molar-refractivity contribution in [1.82, 2.24) is 19.0 Å². The number of nitrogens with zero attached hydrogens (tertiary/aromatic N) is 6. The van der Waals surface area contributed by atoms with Crippen molar-refractivity contribution in [3.05, 3.63) is 78.0 Å². The van der Waals surface area contributed by atoms with Gasteiger partial charge in [-0.2, -0.15) is 5.26 Å². The summed E-state index contributed by atoms with van der Waals surface area (Å²) in [4.78, 5) is 20.8. The quantitative estimate of drug-likeness (QED) is 0.307. The van der Waals surface area contributed by atoms with Gasteiger partial charge in [-0.25, -0.2) is 14.2 Å². The molecule has 0 bridgehead atoms. The third-order valence-corrected chi connectivity index (χ3v) is 7.13. The molecule has 198 valence electrons. The Morgan fingerprint density at radius 1 is 1.03 bits per heavy atom. The number of hydrogen-bond donors (Lipinski definition) is 0. The second kappa shape index (κ2) is 9.31. The number of hydrogen-bond acceptors (Lipinski definition) is 5. The molecule has 6 rings (SSSR count). The Hall–Kier alpha value is -4.58. The lowest BCUT2D eigenvalue weighted by Crippen LogP contribution is -2.50. The molecule has 1 saturated heterocycles. The van der Waals surface area contributed by atoms with Crippen molar-refractivity contribution in [2.45, 2.75) is 32.9 Å². The summed E-state index contributed by atoms with van der Waals surface area (Å²) in [5, 5.41) is 9.14. The zero-order chi connectivity index (χ0) is 27.3. The number of anilines is 1. The number of fused-ring (bicyclic) bond motifs is 5. The standard InChI is InChI=1S/C30H29FN6O2/c1-30(2,3)39-29(38)35-12-10-34(11-13-35)26-15-23-19-36-18-22(21-6-4-20(17-32)5-7-21)14-27(36)28-33-8-9-37(28)25(23)16-24(26)31/h4-9,14-16,18H,10-13,19H2,1-3H3. The predicted molar refractivity (Wildman–Crippen MR) is 146 cm³/mol. The molecule has 0 atom stereocenters. The number of carbonyl (C=O) groups is 1. The summed E-state index contributed by atoms with van der Waals surface area (Å²) in [6, 6.07) is 15.3. The van der Waals surface area contributed by atoms with E-state index in [1.54, 1.807) is 17.2 Å². The van der Waals surface area contributed by atoms with Crippen LogP contribution in [0.25, 0.3) is 28.3 Å². The second-order valence-electron chi connectivity index (χ2n) is 10.9. The van der Waals surface area contributed by atoms with Crippen molar-refractivity contribution < 1.29 is 13.9 Å². The van der Waals surface area contributed by atoms with E-state index in [0.29, 0.717) is 44.0 Å². The van der Waals surface area contributed by atoms with Gasteiger partial charge in [0.15, 0.2) is 5.82 Å². The number of amides is 1. The Labute approximate surface area is 226 Å². The summed E-state index contributed by atoms with van der Waals surface area (Å²) in [6.07, 6.45) is 5.32. The van der Waals surface area contributed by atoms with E-state index in [9.17, 15) is 4.79 Å². The highest BCUT2D eigenvalue weighted by atomic mass is 19.1. The first kappa shape index (κ1) is 24.7. The monoisotopic (exact) mass is 524 g/mol. The van der Waals surface area contributed by atoms with Gasteiger partial charge < -0.3 is 19.1 Å². The van der Waals surface area contributed by atoms with E-state index in [1.165, 1.54) is 0 Å². The van der Waals surface area contributed by atoms with Crippen LogP contribution in [0.15, 0.2) is 61.1 Å². The van der Waals surface area contributed by atoms with E-state index < -0.39 is 5.60 Å². The Kier molecular flexibility index (Phi) is 5.91. The van der Waals surface area contributed by atoms with Crippen LogP contribution in [-0.4, -0.2) is 56.9 Å². The van der Waals surface area contributed by atoms with Crippen LogP contribution in [0.3, 0.4) is 0 Å². The number of piperazine rings is 1. The minimum Gasteiger partial charge on any atom is -0.444 e. The minimum atomic E-state index is -0.555. The lowest BCUT2D eigenvalue weighted by Gasteiger charge is -2.37. The summed E-state index contributed by atoms with van der Waals surface area (Å²) in [7, 11) is 0. The van der Waals surface area contributed by atoms with Crippen molar-refractivity contribution in [1.29, 1.82) is 5.26 Å². The van der Waals surface area contributed by atoms with Gasteiger partial charge in [0.1, 0.15) is 11.4 Å². The minimum absolute atomic E-state index is 0.302. The van der Waals surface area contributed by atoms with Gasteiger partial charge in [0.2, 0.25) is 0 Å². The number of nitriles is 1. The third-order valence-electron chi connectivity index (χ3n) is 7.13. The fraction of sp³-hybridized carbons (Fsp3) is 0.300. The average molecular weight is 525 g/mol. The number of rotatable bonds is 2. The molecule has 2 aromatic heterocycles. The predicted octanol–water partition coefficient (Wildman–Crippen LogP) is 5.44. The molecule has 0 unspecified atom stereocenters. The van der Waals surface area contributed by atoms with Gasteiger partial charge in [0.05, 0.1) is 28.7 Å². The molecule has 2 aliphatic rings. The average Bonchev–Trinajstić information content (AvgIpc) is 3.54. The smallest absolute Gasteiger partial charge is 0.410 e. The number of benzene rings is 2. The summed E-state index contributed by atoms with van der Waals surface area (Å²) in [6.45, 7) is 8.06. The van der Waals surface area contributed by atoms with Crippen LogP contribution in [0.1, 0.15) is 31.9 Å². The molecule has 0 saturated carbocycles. The van der Waals surface area contributed by atoms with Crippen LogP contribution in [0.2, 0.25) is 0 Å². The lowest BCUT2D eigenvalue weighted by atomic mass is 10.1. The molecule has 2 aliphatic heterocycles. The van der Waals surface area contributed by atoms with E-state index in [-0.39, 0.29) is 11.9 Å². The molecule has 0 aliphatic carbocycles. The second-order valence-corrected chi connectivity index (χ2v) is 10.9. The molecule has 4 aromatic rings. The van der Waals surface area contributed by atoms with Crippen molar-refractivity contribution >= 4 is 11.8 Å². The Morgan fingerprint density at radius 2 is 1.77 bits per heavy atom. The topological polar surface area (TPSA) is 79.3 Å². The number of imidazole rings is 1. The summed E-state index contributed by atoms with van der Waals surface area (Å²) in [5.41, 5.74) is 5.29. The molecule has 0 spiro atoms. The lowest BCUT2D eigenvalue weighted by molar-refractivity contribution is 0.0240. The normalized spacial score (nSPS) is 14.6. The SMILES string of the molecule is CC(C)(C)OC(=O)N1CCN(c2cc3c(cc2F)-n2ccnc2-c2cc(-c4ccc(C#N)cc4)cn2C3)CC1.